The maximum absolute atomic E-state index is 12.1. The Bertz CT molecular complexity index is 277. The van der Waals surface area contributed by atoms with Crippen LogP contribution in [0, 0.1) is 11.8 Å². The molecule has 1 heterocycles. The molecule has 6 heteroatoms. The molecule has 2 rings (SSSR count). The van der Waals surface area contributed by atoms with Crippen molar-refractivity contribution in [3.8, 4) is 0 Å². The van der Waals surface area contributed by atoms with Crippen LogP contribution in [0.1, 0.15) is 26.7 Å². The first-order valence-corrected chi connectivity index (χ1v) is 6.84. The minimum Gasteiger partial charge on any atom is -0.340 e. The summed E-state index contributed by atoms with van der Waals surface area (Å²) >= 11 is 0. The van der Waals surface area contributed by atoms with E-state index >= 15 is 0 Å². The highest BCUT2D eigenvalue weighted by atomic mass is 35.5. The Morgan fingerprint density at radius 1 is 1.16 bits per heavy atom. The monoisotopic (exact) mass is 311 g/mol. The van der Waals surface area contributed by atoms with E-state index in [-0.39, 0.29) is 42.7 Å². The molecule has 0 spiro atoms. The molecule has 114 valence electrons. The van der Waals surface area contributed by atoms with Crippen LogP contribution < -0.4 is 5.73 Å². The minimum absolute atomic E-state index is 0. The van der Waals surface area contributed by atoms with E-state index in [1.807, 2.05) is 18.7 Å². The fourth-order valence-corrected chi connectivity index (χ4v) is 2.33. The summed E-state index contributed by atoms with van der Waals surface area (Å²) in [5.74, 6) is 1.12. The van der Waals surface area contributed by atoms with Crippen molar-refractivity contribution in [3.63, 3.8) is 0 Å². The number of amides is 1. The SMILES string of the molecule is CC(N)C(C)C(=O)N1CCN(CC2CC2)CC1.Cl.Cl. The molecule has 1 saturated carbocycles. The number of hydrogen-bond acceptors (Lipinski definition) is 3. The first-order chi connectivity index (χ1) is 8.08. The molecule has 1 aliphatic heterocycles. The maximum atomic E-state index is 12.1. The van der Waals surface area contributed by atoms with Crippen LogP contribution in [0.25, 0.3) is 0 Å². The lowest BCUT2D eigenvalue weighted by atomic mass is 10.0. The second kappa shape index (κ2) is 8.30. The zero-order valence-electron chi connectivity index (χ0n) is 11.9. The van der Waals surface area contributed by atoms with Crippen molar-refractivity contribution in [2.24, 2.45) is 17.6 Å². The summed E-state index contributed by atoms with van der Waals surface area (Å²) in [6, 6.07) is -0.0491. The Labute approximate surface area is 128 Å². The molecule has 0 aromatic carbocycles. The quantitative estimate of drug-likeness (QED) is 0.853. The molecule has 4 nitrogen and oxygen atoms in total. The zero-order valence-corrected chi connectivity index (χ0v) is 13.5. The summed E-state index contributed by atoms with van der Waals surface area (Å²) in [6.07, 6.45) is 2.81. The first-order valence-electron chi connectivity index (χ1n) is 6.84. The normalized spacial score (nSPS) is 23.0. The third-order valence-corrected chi connectivity index (χ3v) is 4.08. The lowest BCUT2D eigenvalue weighted by Crippen LogP contribution is -2.52. The van der Waals surface area contributed by atoms with Crippen LogP contribution in [0.15, 0.2) is 0 Å². The van der Waals surface area contributed by atoms with Crippen LogP contribution >= 0.6 is 24.8 Å². The second-order valence-corrected chi connectivity index (χ2v) is 5.72. The molecule has 0 bridgehead atoms. The predicted octanol–water partition coefficient (Wildman–Crippen LogP) is 1.37. The van der Waals surface area contributed by atoms with E-state index < -0.39 is 0 Å². The fraction of sp³-hybridized carbons (Fsp3) is 0.923. The number of hydrogen-bond donors (Lipinski definition) is 1. The van der Waals surface area contributed by atoms with Gasteiger partial charge in [-0.05, 0) is 25.7 Å². The van der Waals surface area contributed by atoms with Gasteiger partial charge >= 0.3 is 0 Å². The van der Waals surface area contributed by atoms with Crippen molar-refractivity contribution in [2.45, 2.75) is 32.7 Å². The molecular formula is C13H27Cl2N3O. The molecule has 1 aliphatic carbocycles. The lowest BCUT2D eigenvalue weighted by Gasteiger charge is -2.36. The zero-order chi connectivity index (χ0) is 12.4. The lowest BCUT2D eigenvalue weighted by molar-refractivity contribution is -0.137. The van der Waals surface area contributed by atoms with E-state index in [4.69, 9.17) is 5.73 Å². The topological polar surface area (TPSA) is 49.6 Å². The number of piperazine rings is 1. The molecule has 2 N–H and O–H groups in total. The summed E-state index contributed by atoms with van der Waals surface area (Å²) in [7, 11) is 0. The number of carbonyl (C=O) groups is 1. The first kappa shape index (κ1) is 19.0. The van der Waals surface area contributed by atoms with E-state index in [0.717, 1.165) is 32.1 Å². The van der Waals surface area contributed by atoms with Gasteiger partial charge in [-0.15, -0.1) is 24.8 Å². The van der Waals surface area contributed by atoms with Crippen LogP contribution in [-0.2, 0) is 4.79 Å². The Morgan fingerprint density at radius 3 is 2.11 bits per heavy atom. The standard InChI is InChI=1S/C13H25N3O.2ClH/c1-10(11(2)14)13(17)16-7-5-15(6-8-16)9-12-3-4-12;;/h10-12H,3-9,14H2,1-2H3;2*1H. The maximum Gasteiger partial charge on any atom is 0.227 e. The Hall–Kier alpha value is -0.0300. The van der Waals surface area contributed by atoms with Gasteiger partial charge in [0, 0.05) is 38.8 Å². The predicted molar refractivity (Wildman–Crippen MR) is 83.1 cm³/mol. The molecule has 1 amide bonds. The fourth-order valence-electron chi connectivity index (χ4n) is 2.33. The van der Waals surface area contributed by atoms with Gasteiger partial charge in [-0.1, -0.05) is 6.92 Å². The highest BCUT2D eigenvalue weighted by Gasteiger charge is 2.29. The van der Waals surface area contributed by atoms with E-state index in [0.29, 0.717) is 0 Å². The van der Waals surface area contributed by atoms with Crippen molar-refractivity contribution >= 4 is 30.7 Å². The number of rotatable bonds is 4. The molecule has 0 radical (unpaired) electrons. The smallest absolute Gasteiger partial charge is 0.227 e. The number of halogens is 2. The average molecular weight is 312 g/mol. The molecule has 2 aliphatic rings. The highest BCUT2D eigenvalue weighted by molar-refractivity contribution is 5.85. The van der Waals surface area contributed by atoms with E-state index in [1.54, 1.807) is 0 Å². The molecule has 1 saturated heterocycles. The van der Waals surface area contributed by atoms with Gasteiger partial charge in [-0.2, -0.15) is 0 Å². The summed E-state index contributed by atoms with van der Waals surface area (Å²) in [6.45, 7) is 8.91. The number of nitrogens with zero attached hydrogens (tertiary/aromatic N) is 2. The molecule has 19 heavy (non-hydrogen) atoms. The van der Waals surface area contributed by atoms with Crippen LogP contribution in [0.5, 0.6) is 0 Å². The van der Waals surface area contributed by atoms with Gasteiger partial charge in [-0.3, -0.25) is 9.69 Å². The van der Waals surface area contributed by atoms with Crippen LogP contribution in [0.4, 0.5) is 0 Å². The second-order valence-electron chi connectivity index (χ2n) is 5.72. The van der Waals surface area contributed by atoms with E-state index in [2.05, 4.69) is 4.90 Å². The Morgan fingerprint density at radius 2 is 1.68 bits per heavy atom. The Balaban J connectivity index is 0.00000162. The van der Waals surface area contributed by atoms with Crippen molar-refractivity contribution < 1.29 is 4.79 Å². The van der Waals surface area contributed by atoms with Gasteiger partial charge in [0.15, 0.2) is 0 Å². The van der Waals surface area contributed by atoms with Gasteiger partial charge in [0.1, 0.15) is 0 Å². The molecule has 2 unspecified atom stereocenters. The molecule has 2 atom stereocenters. The highest BCUT2D eigenvalue weighted by Crippen LogP contribution is 2.29. The van der Waals surface area contributed by atoms with Crippen molar-refractivity contribution in [1.29, 1.82) is 0 Å². The van der Waals surface area contributed by atoms with Gasteiger partial charge in [0.05, 0.1) is 5.92 Å². The van der Waals surface area contributed by atoms with Crippen molar-refractivity contribution in [3.05, 3.63) is 0 Å². The van der Waals surface area contributed by atoms with Gasteiger partial charge in [-0.25, -0.2) is 0 Å². The Kier molecular flexibility index (Phi) is 8.29. The summed E-state index contributed by atoms with van der Waals surface area (Å²) in [5.41, 5.74) is 5.79. The molecule has 0 aromatic rings. The average Bonchev–Trinajstić information content (AvgIpc) is 3.12. The van der Waals surface area contributed by atoms with E-state index in [9.17, 15) is 4.79 Å². The third kappa shape index (κ3) is 5.46. The van der Waals surface area contributed by atoms with Gasteiger partial charge in [0.25, 0.3) is 0 Å². The summed E-state index contributed by atoms with van der Waals surface area (Å²) < 4.78 is 0. The number of carbonyl (C=O) groups excluding carboxylic acids is 1. The van der Waals surface area contributed by atoms with Crippen LogP contribution in [0.3, 0.4) is 0 Å². The van der Waals surface area contributed by atoms with Crippen molar-refractivity contribution in [1.82, 2.24) is 9.80 Å². The molecule has 0 aromatic heterocycles. The van der Waals surface area contributed by atoms with Gasteiger partial charge in [0.2, 0.25) is 5.91 Å². The largest absolute Gasteiger partial charge is 0.340 e. The minimum atomic E-state index is -0.0509. The summed E-state index contributed by atoms with van der Waals surface area (Å²) in [5, 5.41) is 0. The van der Waals surface area contributed by atoms with E-state index in [1.165, 1.54) is 19.4 Å². The van der Waals surface area contributed by atoms with Crippen LogP contribution in [0.2, 0.25) is 0 Å². The third-order valence-electron chi connectivity index (χ3n) is 4.08. The molecular weight excluding hydrogens is 285 g/mol. The number of nitrogens with two attached hydrogens (primary N) is 1. The van der Waals surface area contributed by atoms with Crippen LogP contribution in [-0.4, -0.2) is 54.5 Å². The molecule has 2 fully saturated rings. The van der Waals surface area contributed by atoms with Crippen molar-refractivity contribution in [2.75, 3.05) is 32.7 Å². The summed E-state index contributed by atoms with van der Waals surface area (Å²) in [4.78, 5) is 16.6. The van der Waals surface area contributed by atoms with Gasteiger partial charge < -0.3 is 10.6 Å².